The van der Waals surface area contributed by atoms with Gasteiger partial charge in [-0.3, -0.25) is 0 Å². The fourth-order valence-corrected chi connectivity index (χ4v) is 12.0. The molecule has 0 saturated carbocycles. The fraction of sp³-hybridized carbons (Fsp3) is 0. The lowest BCUT2D eigenvalue weighted by Gasteiger charge is -2.45. The fourth-order valence-electron chi connectivity index (χ4n) is 12.0. The standard InChI is InChI=1S/C64H40BN3/c1-4-18-45(19-5-1)66-58-27-15-14-26-52(58)53-31-30-43(38-59(53)66)44-39-60-62-61(40-44)68(47-22-8-3-9-23-47)64-55-33-29-42-17-11-13-25-49(42)51(55)35-37-57(64)65(62)56-36-34-50-48-24-12-10-16-41(48)28-32-54(50)63(56)67(60)46-20-6-2-7-21-46/h1-40H. The Morgan fingerprint density at radius 2 is 0.721 bits per heavy atom. The Bertz CT molecular complexity index is 4030. The molecule has 4 heteroatoms. The summed E-state index contributed by atoms with van der Waals surface area (Å²) in [4.78, 5) is 5.15. The van der Waals surface area contributed by atoms with Gasteiger partial charge in [-0.1, -0.05) is 182 Å². The molecule has 0 saturated heterocycles. The van der Waals surface area contributed by atoms with Crippen molar-refractivity contribution < 1.29 is 0 Å². The number of hydrogen-bond donors (Lipinski definition) is 0. The minimum Gasteiger partial charge on any atom is -0.311 e. The maximum atomic E-state index is 2.58. The van der Waals surface area contributed by atoms with Gasteiger partial charge in [0.25, 0.3) is 6.71 Å². The Morgan fingerprint density at radius 1 is 0.279 bits per heavy atom. The molecular formula is C64H40BN3. The number of aromatic nitrogens is 1. The zero-order chi connectivity index (χ0) is 44.5. The SMILES string of the molecule is c1ccc(N2c3cc(-c4ccc5c6ccccc6n(-c6ccccc6)c5c4)cc4c3B(c3ccc5c(ccc6ccccc65)c32)c2ccc3c(ccc5ccccc53)c2N4c2ccccc2)cc1. The van der Waals surface area contributed by atoms with Gasteiger partial charge in [-0.2, -0.15) is 0 Å². The summed E-state index contributed by atoms with van der Waals surface area (Å²) in [6, 6.07) is 90.4. The predicted molar refractivity (Wildman–Crippen MR) is 290 cm³/mol. The van der Waals surface area contributed by atoms with Crippen LogP contribution in [0.2, 0.25) is 0 Å². The third-order valence-electron chi connectivity index (χ3n) is 14.9. The summed E-state index contributed by atoms with van der Waals surface area (Å²) in [5.41, 5.74) is 16.9. The maximum Gasteiger partial charge on any atom is 0.252 e. The molecule has 3 nitrogen and oxygen atoms in total. The summed E-state index contributed by atoms with van der Waals surface area (Å²) in [7, 11) is 0. The molecule has 0 N–H and O–H groups in total. The van der Waals surface area contributed by atoms with Gasteiger partial charge in [-0.05, 0) is 120 Å². The van der Waals surface area contributed by atoms with Crippen molar-refractivity contribution in [2.24, 2.45) is 0 Å². The molecule has 0 radical (unpaired) electrons. The van der Waals surface area contributed by atoms with E-state index in [9.17, 15) is 0 Å². The molecule has 13 aromatic rings. The van der Waals surface area contributed by atoms with Gasteiger partial charge in [0.1, 0.15) is 0 Å². The normalized spacial score (nSPS) is 12.9. The highest BCUT2D eigenvalue weighted by Crippen LogP contribution is 2.50. The topological polar surface area (TPSA) is 11.4 Å². The van der Waals surface area contributed by atoms with E-state index in [1.807, 2.05) is 0 Å². The van der Waals surface area contributed by atoms with Gasteiger partial charge >= 0.3 is 0 Å². The second kappa shape index (κ2) is 14.3. The van der Waals surface area contributed by atoms with Gasteiger partial charge in [0.15, 0.2) is 0 Å². The van der Waals surface area contributed by atoms with E-state index in [1.54, 1.807) is 0 Å². The monoisotopic (exact) mass is 861 g/mol. The number of nitrogens with zero attached hydrogens (tertiary/aromatic N) is 3. The van der Waals surface area contributed by atoms with Crippen LogP contribution in [0.15, 0.2) is 243 Å². The van der Waals surface area contributed by atoms with E-state index in [0.717, 1.165) is 22.6 Å². The molecule has 15 rings (SSSR count). The van der Waals surface area contributed by atoms with Crippen molar-refractivity contribution in [2.75, 3.05) is 9.80 Å². The van der Waals surface area contributed by atoms with Crippen LogP contribution in [0.5, 0.6) is 0 Å². The molecular weight excluding hydrogens is 822 g/mol. The molecule has 68 heavy (non-hydrogen) atoms. The maximum absolute atomic E-state index is 2.58. The van der Waals surface area contributed by atoms with Gasteiger partial charge in [-0.15, -0.1) is 0 Å². The third kappa shape index (κ3) is 5.26. The van der Waals surface area contributed by atoms with Gasteiger partial charge < -0.3 is 14.4 Å². The second-order valence-corrected chi connectivity index (χ2v) is 18.4. The first kappa shape index (κ1) is 37.4. The van der Waals surface area contributed by atoms with E-state index in [1.165, 1.54) is 110 Å². The summed E-state index contributed by atoms with van der Waals surface area (Å²) in [6.07, 6.45) is 0. The molecule has 0 fully saturated rings. The highest BCUT2D eigenvalue weighted by molar-refractivity contribution is 7.00. The van der Waals surface area contributed by atoms with Gasteiger partial charge in [-0.25, -0.2) is 0 Å². The lowest BCUT2D eigenvalue weighted by Crippen LogP contribution is -2.61. The van der Waals surface area contributed by atoms with Crippen LogP contribution in [-0.4, -0.2) is 11.3 Å². The quantitative estimate of drug-likeness (QED) is 0.129. The molecule has 2 aliphatic heterocycles. The Labute approximate surface area is 394 Å². The number of anilines is 6. The van der Waals surface area contributed by atoms with E-state index < -0.39 is 0 Å². The van der Waals surface area contributed by atoms with Crippen molar-refractivity contribution in [1.29, 1.82) is 0 Å². The van der Waals surface area contributed by atoms with Crippen LogP contribution in [0.4, 0.5) is 34.1 Å². The van der Waals surface area contributed by atoms with Gasteiger partial charge in [0, 0.05) is 61.4 Å². The van der Waals surface area contributed by atoms with Crippen LogP contribution >= 0.6 is 0 Å². The lowest BCUT2D eigenvalue weighted by molar-refractivity contribution is 1.18. The first-order valence-electron chi connectivity index (χ1n) is 23.6. The van der Waals surface area contributed by atoms with Crippen LogP contribution in [0.25, 0.3) is 81.7 Å². The van der Waals surface area contributed by atoms with E-state index in [-0.39, 0.29) is 6.71 Å². The van der Waals surface area contributed by atoms with Gasteiger partial charge in [0.2, 0.25) is 0 Å². The van der Waals surface area contributed by atoms with Gasteiger partial charge in [0.05, 0.1) is 11.0 Å². The van der Waals surface area contributed by atoms with E-state index in [4.69, 9.17) is 0 Å². The van der Waals surface area contributed by atoms with E-state index >= 15 is 0 Å². The van der Waals surface area contributed by atoms with Crippen molar-refractivity contribution in [3.63, 3.8) is 0 Å². The number of para-hydroxylation sites is 4. The molecule has 0 aliphatic carbocycles. The molecule has 0 atom stereocenters. The summed E-state index contributed by atoms with van der Waals surface area (Å²) < 4.78 is 2.43. The molecule has 12 aromatic carbocycles. The van der Waals surface area contributed by atoms with E-state index in [2.05, 4.69) is 257 Å². The molecule has 2 aliphatic rings. The first-order valence-corrected chi connectivity index (χ1v) is 23.6. The van der Waals surface area contributed by atoms with Crippen LogP contribution in [0.3, 0.4) is 0 Å². The summed E-state index contributed by atoms with van der Waals surface area (Å²) in [6.45, 7) is -0.0474. The van der Waals surface area contributed by atoms with E-state index in [0.29, 0.717) is 0 Å². The molecule has 0 unspecified atom stereocenters. The average Bonchev–Trinajstić information content (AvgIpc) is 3.74. The average molecular weight is 862 g/mol. The number of rotatable bonds is 4. The zero-order valence-electron chi connectivity index (χ0n) is 37.0. The lowest BCUT2D eigenvalue weighted by atomic mass is 9.33. The van der Waals surface area contributed by atoms with Crippen LogP contribution < -0.4 is 26.2 Å². The Balaban J connectivity index is 1.10. The van der Waals surface area contributed by atoms with Crippen LogP contribution in [0.1, 0.15) is 0 Å². The van der Waals surface area contributed by atoms with Crippen molar-refractivity contribution in [1.82, 2.24) is 4.57 Å². The molecule has 314 valence electrons. The van der Waals surface area contributed by atoms with Crippen molar-refractivity contribution in [3.05, 3.63) is 243 Å². The second-order valence-electron chi connectivity index (χ2n) is 18.4. The minimum atomic E-state index is -0.0474. The highest BCUT2D eigenvalue weighted by atomic mass is 15.2. The molecule has 0 amide bonds. The molecule has 1 aromatic heterocycles. The summed E-state index contributed by atoms with van der Waals surface area (Å²) >= 11 is 0. The summed E-state index contributed by atoms with van der Waals surface area (Å²) in [5, 5.41) is 12.5. The first-order chi connectivity index (χ1) is 33.8. The summed E-state index contributed by atoms with van der Waals surface area (Å²) in [5.74, 6) is 0. The number of fused-ring (bicyclic) bond motifs is 15. The van der Waals surface area contributed by atoms with Crippen LogP contribution in [-0.2, 0) is 0 Å². The zero-order valence-corrected chi connectivity index (χ0v) is 37.0. The Kier molecular flexibility index (Phi) is 7.87. The number of hydrogen-bond acceptors (Lipinski definition) is 2. The predicted octanol–water partition coefficient (Wildman–Crippen LogP) is 15.1. The number of benzene rings is 12. The molecule has 0 spiro atoms. The van der Waals surface area contributed by atoms with Crippen LogP contribution in [0, 0.1) is 0 Å². The van der Waals surface area contributed by atoms with Crippen molar-refractivity contribution in [2.45, 2.75) is 0 Å². The largest absolute Gasteiger partial charge is 0.311 e. The minimum absolute atomic E-state index is 0.0474. The Hall–Kier alpha value is -8.86. The smallest absolute Gasteiger partial charge is 0.252 e. The van der Waals surface area contributed by atoms with Crippen molar-refractivity contribution in [3.8, 4) is 16.8 Å². The van der Waals surface area contributed by atoms with Crippen molar-refractivity contribution >= 4 is 122 Å². The Morgan fingerprint density at radius 3 is 1.28 bits per heavy atom. The highest BCUT2D eigenvalue weighted by Gasteiger charge is 2.45. The molecule has 0 bridgehead atoms. The molecule has 3 heterocycles. The third-order valence-corrected chi connectivity index (χ3v) is 14.9.